The number of hydrogen-bond acceptors (Lipinski definition) is 2. The molecule has 1 saturated carbocycles. The highest BCUT2D eigenvalue weighted by molar-refractivity contribution is 5.86. The van der Waals surface area contributed by atoms with E-state index < -0.39 is 0 Å². The molecule has 1 atom stereocenters. The molecular weight excluding hydrogens is 212 g/mol. The number of methoxy groups -OCH3 is 1. The Balaban J connectivity index is 0.000000686. The van der Waals surface area contributed by atoms with Crippen molar-refractivity contribution in [3.63, 3.8) is 0 Å². The lowest BCUT2D eigenvalue weighted by molar-refractivity contribution is -0.121. The van der Waals surface area contributed by atoms with E-state index in [-0.39, 0.29) is 5.92 Å². The Hall–Kier alpha value is -1.75. The third kappa shape index (κ3) is 3.35. The average molecular weight is 230 g/mol. The first-order valence-corrected chi connectivity index (χ1v) is 5.81. The van der Waals surface area contributed by atoms with E-state index in [1.54, 1.807) is 7.11 Å². The van der Waals surface area contributed by atoms with Crippen LogP contribution >= 0.6 is 0 Å². The van der Waals surface area contributed by atoms with Crippen LogP contribution in [0.5, 0.6) is 5.75 Å². The van der Waals surface area contributed by atoms with E-state index >= 15 is 0 Å². The fraction of sp³-hybridized carbons (Fsp3) is 0.400. The van der Waals surface area contributed by atoms with Crippen LogP contribution < -0.4 is 4.74 Å². The summed E-state index contributed by atoms with van der Waals surface area (Å²) >= 11 is 0. The molecule has 0 bridgehead atoms. The molecule has 1 aliphatic carbocycles. The number of Topliss-reactive ketones (excluding diaryl/α,β-unsaturated/α-hetero) is 1. The summed E-state index contributed by atoms with van der Waals surface area (Å²) in [6.07, 6.45) is 11.9. The van der Waals surface area contributed by atoms with Crippen LogP contribution in [0.15, 0.2) is 24.3 Å². The molecule has 1 aliphatic rings. The van der Waals surface area contributed by atoms with E-state index in [1.807, 2.05) is 24.3 Å². The average Bonchev–Trinajstić information content (AvgIpc) is 2.42. The molecule has 1 unspecified atom stereocenters. The number of carbonyl (C=O) groups excluding carboxylic acids is 1. The third-order valence-electron chi connectivity index (χ3n) is 3.05. The molecule has 2 nitrogen and oxygen atoms in total. The monoisotopic (exact) mass is 230 g/mol. The van der Waals surface area contributed by atoms with Crippen molar-refractivity contribution in [3.05, 3.63) is 29.8 Å². The summed E-state index contributed by atoms with van der Waals surface area (Å²) in [6, 6.07) is 7.87. The maximum absolute atomic E-state index is 11.8. The van der Waals surface area contributed by atoms with Crippen LogP contribution in [0.3, 0.4) is 0 Å². The maximum atomic E-state index is 11.8. The largest absolute Gasteiger partial charge is 0.497 e. The highest BCUT2D eigenvalue weighted by Gasteiger charge is 2.23. The Labute approximate surface area is 103 Å². The van der Waals surface area contributed by atoms with Gasteiger partial charge in [0.15, 0.2) is 0 Å². The van der Waals surface area contributed by atoms with E-state index in [2.05, 4.69) is 12.8 Å². The predicted molar refractivity (Wildman–Crippen MR) is 69.1 cm³/mol. The lowest BCUT2D eigenvalue weighted by Gasteiger charge is -2.21. The quantitative estimate of drug-likeness (QED) is 0.729. The predicted octanol–water partition coefficient (Wildman–Crippen LogP) is 3.17. The minimum Gasteiger partial charge on any atom is -0.497 e. The van der Waals surface area contributed by atoms with Crippen molar-refractivity contribution in [1.82, 2.24) is 0 Å². The molecule has 0 spiro atoms. The van der Waals surface area contributed by atoms with Gasteiger partial charge in [0.1, 0.15) is 11.5 Å². The molecular formula is C15H18O2. The van der Waals surface area contributed by atoms with Gasteiger partial charge in [0.2, 0.25) is 0 Å². The Morgan fingerprint density at radius 1 is 1.29 bits per heavy atom. The van der Waals surface area contributed by atoms with Crippen LogP contribution in [-0.2, 0) is 4.79 Å². The van der Waals surface area contributed by atoms with Gasteiger partial charge in [-0.3, -0.25) is 4.79 Å². The molecule has 90 valence electrons. The molecule has 0 saturated heterocycles. The SMILES string of the molecule is C#C.COc1cccc(C2CCCCC2=O)c1. The number of rotatable bonds is 2. The summed E-state index contributed by atoms with van der Waals surface area (Å²) in [5.74, 6) is 1.33. The van der Waals surface area contributed by atoms with Crippen LogP contribution in [0, 0.1) is 12.8 Å². The molecule has 0 radical (unpaired) electrons. The highest BCUT2D eigenvalue weighted by Crippen LogP contribution is 2.31. The molecule has 0 aromatic heterocycles. The van der Waals surface area contributed by atoms with Gasteiger partial charge in [0.25, 0.3) is 0 Å². The second-order valence-electron chi connectivity index (χ2n) is 4.04. The first-order valence-electron chi connectivity index (χ1n) is 5.81. The van der Waals surface area contributed by atoms with E-state index in [0.717, 1.165) is 37.0 Å². The van der Waals surface area contributed by atoms with Gasteiger partial charge in [-0.2, -0.15) is 0 Å². The molecule has 1 fully saturated rings. The normalized spacial score (nSPS) is 19.0. The number of carbonyl (C=O) groups is 1. The van der Waals surface area contributed by atoms with Crippen molar-refractivity contribution in [2.75, 3.05) is 7.11 Å². The van der Waals surface area contributed by atoms with Gasteiger partial charge in [-0.1, -0.05) is 18.6 Å². The zero-order chi connectivity index (χ0) is 12.7. The van der Waals surface area contributed by atoms with Gasteiger partial charge in [0, 0.05) is 12.3 Å². The zero-order valence-corrected chi connectivity index (χ0v) is 10.2. The van der Waals surface area contributed by atoms with Crippen molar-refractivity contribution >= 4 is 5.78 Å². The van der Waals surface area contributed by atoms with Crippen LogP contribution in [-0.4, -0.2) is 12.9 Å². The number of hydrogen-bond donors (Lipinski definition) is 0. The molecule has 0 heterocycles. The van der Waals surface area contributed by atoms with E-state index in [9.17, 15) is 4.79 Å². The van der Waals surface area contributed by atoms with Crippen molar-refractivity contribution in [2.24, 2.45) is 0 Å². The summed E-state index contributed by atoms with van der Waals surface area (Å²) < 4.78 is 5.17. The fourth-order valence-corrected chi connectivity index (χ4v) is 2.19. The third-order valence-corrected chi connectivity index (χ3v) is 3.05. The number of terminal acetylenes is 1. The van der Waals surface area contributed by atoms with Gasteiger partial charge < -0.3 is 4.74 Å². The van der Waals surface area contributed by atoms with Crippen molar-refractivity contribution in [1.29, 1.82) is 0 Å². The highest BCUT2D eigenvalue weighted by atomic mass is 16.5. The fourth-order valence-electron chi connectivity index (χ4n) is 2.19. The lowest BCUT2D eigenvalue weighted by Crippen LogP contribution is -2.16. The molecule has 17 heavy (non-hydrogen) atoms. The zero-order valence-electron chi connectivity index (χ0n) is 10.2. The molecule has 2 rings (SSSR count). The van der Waals surface area contributed by atoms with Gasteiger partial charge in [-0.25, -0.2) is 0 Å². The topological polar surface area (TPSA) is 26.3 Å². The Bertz CT molecular complexity index is 393. The smallest absolute Gasteiger partial charge is 0.140 e. The Kier molecular flexibility index (Phi) is 5.29. The summed E-state index contributed by atoms with van der Waals surface area (Å²) in [5.41, 5.74) is 1.11. The van der Waals surface area contributed by atoms with Crippen LogP contribution in [0.2, 0.25) is 0 Å². The first kappa shape index (κ1) is 13.3. The number of ether oxygens (including phenoxy) is 1. The van der Waals surface area contributed by atoms with Crippen molar-refractivity contribution in [3.8, 4) is 18.6 Å². The minimum atomic E-state index is 0.105. The summed E-state index contributed by atoms with van der Waals surface area (Å²) in [7, 11) is 1.65. The summed E-state index contributed by atoms with van der Waals surface area (Å²) in [6.45, 7) is 0. The molecule has 0 N–H and O–H groups in total. The van der Waals surface area contributed by atoms with E-state index in [0.29, 0.717) is 5.78 Å². The van der Waals surface area contributed by atoms with E-state index in [4.69, 9.17) is 4.74 Å². The van der Waals surface area contributed by atoms with Gasteiger partial charge in [-0.05, 0) is 30.5 Å². The first-order chi connectivity index (χ1) is 8.31. The Morgan fingerprint density at radius 3 is 2.71 bits per heavy atom. The van der Waals surface area contributed by atoms with Crippen molar-refractivity contribution in [2.45, 2.75) is 31.6 Å². The van der Waals surface area contributed by atoms with Crippen LogP contribution in [0.4, 0.5) is 0 Å². The molecule has 1 aromatic rings. The van der Waals surface area contributed by atoms with Crippen molar-refractivity contribution < 1.29 is 9.53 Å². The van der Waals surface area contributed by atoms with Crippen LogP contribution in [0.1, 0.15) is 37.2 Å². The van der Waals surface area contributed by atoms with Crippen LogP contribution in [0.25, 0.3) is 0 Å². The minimum absolute atomic E-state index is 0.105. The number of benzene rings is 1. The molecule has 1 aromatic carbocycles. The van der Waals surface area contributed by atoms with Gasteiger partial charge in [0.05, 0.1) is 7.11 Å². The molecule has 2 heteroatoms. The number of ketones is 1. The molecule has 0 aliphatic heterocycles. The Morgan fingerprint density at radius 2 is 2.06 bits per heavy atom. The second kappa shape index (κ2) is 6.75. The van der Waals surface area contributed by atoms with Gasteiger partial charge in [-0.15, -0.1) is 12.8 Å². The lowest BCUT2D eigenvalue weighted by atomic mass is 9.83. The second-order valence-corrected chi connectivity index (χ2v) is 4.04. The maximum Gasteiger partial charge on any atom is 0.140 e. The van der Waals surface area contributed by atoms with Gasteiger partial charge >= 0.3 is 0 Å². The summed E-state index contributed by atoms with van der Waals surface area (Å²) in [4.78, 5) is 11.8. The standard InChI is InChI=1S/C13H16O2.C2H2/c1-15-11-6-4-5-10(9-11)12-7-2-3-8-13(12)14;1-2/h4-6,9,12H,2-3,7-8H2,1H3;1-2H. The summed E-state index contributed by atoms with van der Waals surface area (Å²) in [5, 5.41) is 0. The molecule has 0 amide bonds. The van der Waals surface area contributed by atoms with E-state index in [1.165, 1.54) is 0 Å².